The molecule has 2 aliphatic rings. The van der Waals surface area contributed by atoms with Gasteiger partial charge in [-0.3, -0.25) is 9.69 Å². The van der Waals surface area contributed by atoms with Gasteiger partial charge in [-0.1, -0.05) is 0 Å². The molecule has 1 fully saturated rings. The van der Waals surface area contributed by atoms with Crippen LogP contribution in [-0.4, -0.2) is 31.9 Å². The van der Waals surface area contributed by atoms with E-state index in [1.54, 1.807) is 30.0 Å². The van der Waals surface area contributed by atoms with E-state index in [-0.39, 0.29) is 10.8 Å². The molecule has 26 heavy (non-hydrogen) atoms. The number of anilines is 2. The number of carbonyl (C=O) groups excluding carboxylic acids is 1. The van der Waals surface area contributed by atoms with Crippen molar-refractivity contribution in [2.24, 2.45) is 5.14 Å². The molecule has 0 atom stereocenters. The van der Waals surface area contributed by atoms with Crippen molar-refractivity contribution in [2.75, 3.05) is 16.3 Å². The SMILES string of the molecule is CC(=O)N(c1nc(CN2CCc3cc(S(N)(=O)=O)ccc32)cs1)C1CC1. The van der Waals surface area contributed by atoms with Gasteiger partial charge < -0.3 is 4.90 Å². The summed E-state index contributed by atoms with van der Waals surface area (Å²) >= 11 is 1.50. The Kier molecular flexibility index (Phi) is 4.25. The van der Waals surface area contributed by atoms with Crippen molar-refractivity contribution in [1.29, 1.82) is 0 Å². The number of aromatic nitrogens is 1. The van der Waals surface area contributed by atoms with E-state index in [0.717, 1.165) is 47.9 Å². The van der Waals surface area contributed by atoms with Crippen molar-refractivity contribution in [1.82, 2.24) is 4.98 Å². The van der Waals surface area contributed by atoms with E-state index in [1.807, 2.05) is 5.38 Å². The Morgan fingerprint density at radius 1 is 1.42 bits per heavy atom. The second-order valence-corrected chi connectivity index (χ2v) is 9.15. The highest BCUT2D eigenvalue weighted by Crippen LogP contribution is 2.35. The van der Waals surface area contributed by atoms with Crippen LogP contribution in [0.2, 0.25) is 0 Å². The van der Waals surface area contributed by atoms with Crippen LogP contribution in [0.25, 0.3) is 0 Å². The molecule has 1 aromatic carbocycles. The van der Waals surface area contributed by atoms with Crippen molar-refractivity contribution in [3.8, 4) is 0 Å². The van der Waals surface area contributed by atoms with Crippen molar-refractivity contribution in [3.63, 3.8) is 0 Å². The molecule has 0 spiro atoms. The Labute approximate surface area is 156 Å². The number of fused-ring (bicyclic) bond motifs is 1. The van der Waals surface area contributed by atoms with E-state index in [2.05, 4.69) is 9.88 Å². The van der Waals surface area contributed by atoms with E-state index >= 15 is 0 Å². The van der Waals surface area contributed by atoms with Gasteiger partial charge in [0.2, 0.25) is 15.9 Å². The van der Waals surface area contributed by atoms with E-state index in [0.29, 0.717) is 12.6 Å². The summed E-state index contributed by atoms with van der Waals surface area (Å²) in [6, 6.07) is 5.31. The van der Waals surface area contributed by atoms with E-state index in [9.17, 15) is 13.2 Å². The molecule has 2 N–H and O–H groups in total. The average Bonchev–Trinajstić information content (AvgIpc) is 3.15. The molecule has 1 aromatic heterocycles. The lowest BCUT2D eigenvalue weighted by atomic mass is 10.2. The first-order valence-corrected chi connectivity index (χ1v) is 10.9. The van der Waals surface area contributed by atoms with Gasteiger partial charge in [0.25, 0.3) is 0 Å². The first-order chi connectivity index (χ1) is 12.3. The molecule has 4 rings (SSSR count). The molecule has 1 amide bonds. The van der Waals surface area contributed by atoms with Gasteiger partial charge in [0.05, 0.1) is 17.1 Å². The fourth-order valence-corrected chi connectivity index (χ4v) is 4.84. The number of hydrogen-bond acceptors (Lipinski definition) is 6. The quantitative estimate of drug-likeness (QED) is 0.838. The number of nitrogens with two attached hydrogens (primary N) is 1. The second-order valence-electron chi connectivity index (χ2n) is 6.75. The molecule has 0 radical (unpaired) electrons. The minimum atomic E-state index is -3.68. The predicted octanol–water partition coefficient (Wildman–Crippen LogP) is 1.87. The molecule has 0 saturated heterocycles. The third-order valence-corrected chi connectivity index (χ3v) is 6.52. The van der Waals surface area contributed by atoms with Gasteiger partial charge in [0.15, 0.2) is 5.13 Å². The van der Waals surface area contributed by atoms with Crippen LogP contribution in [0.1, 0.15) is 31.0 Å². The molecule has 1 aliphatic heterocycles. The Morgan fingerprint density at radius 2 is 2.19 bits per heavy atom. The highest BCUT2D eigenvalue weighted by molar-refractivity contribution is 7.89. The van der Waals surface area contributed by atoms with Gasteiger partial charge >= 0.3 is 0 Å². The zero-order chi connectivity index (χ0) is 18.5. The Balaban J connectivity index is 1.53. The summed E-state index contributed by atoms with van der Waals surface area (Å²) in [5.41, 5.74) is 2.91. The smallest absolute Gasteiger partial charge is 0.238 e. The van der Waals surface area contributed by atoms with Gasteiger partial charge in [-0.05, 0) is 43.0 Å². The van der Waals surface area contributed by atoms with Gasteiger partial charge in [-0.2, -0.15) is 0 Å². The molecule has 0 bridgehead atoms. The second kappa shape index (κ2) is 6.33. The van der Waals surface area contributed by atoms with Crippen molar-refractivity contribution in [3.05, 3.63) is 34.8 Å². The van der Waals surface area contributed by atoms with Crippen LogP contribution in [0, 0.1) is 0 Å². The van der Waals surface area contributed by atoms with Gasteiger partial charge in [0, 0.05) is 30.6 Å². The van der Waals surface area contributed by atoms with Crippen LogP contribution < -0.4 is 14.9 Å². The number of primary sulfonamides is 1. The minimum Gasteiger partial charge on any atom is -0.365 e. The molecular weight excluding hydrogens is 372 g/mol. The number of rotatable bonds is 5. The minimum absolute atomic E-state index is 0.0374. The normalized spacial score (nSPS) is 16.6. The topological polar surface area (TPSA) is 96.6 Å². The highest BCUT2D eigenvalue weighted by Gasteiger charge is 2.34. The largest absolute Gasteiger partial charge is 0.365 e. The summed E-state index contributed by atoms with van der Waals surface area (Å²) in [5.74, 6) is 0.0374. The summed E-state index contributed by atoms with van der Waals surface area (Å²) in [6.07, 6.45) is 2.86. The van der Waals surface area contributed by atoms with Crippen LogP contribution in [-0.2, 0) is 27.8 Å². The molecule has 7 nitrogen and oxygen atoms in total. The molecule has 0 unspecified atom stereocenters. The number of carbonyl (C=O) groups is 1. The van der Waals surface area contributed by atoms with E-state index in [4.69, 9.17) is 5.14 Å². The summed E-state index contributed by atoms with van der Waals surface area (Å²) < 4.78 is 23.0. The van der Waals surface area contributed by atoms with Crippen LogP contribution in [0.5, 0.6) is 0 Å². The molecule has 138 valence electrons. The molecule has 2 heterocycles. The zero-order valence-corrected chi connectivity index (χ0v) is 16.0. The van der Waals surface area contributed by atoms with Crippen molar-refractivity contribution in [2.45, 2.75) is 43.7 Å². The average molecular weight is 393 g/mol. The lowest BCUT2D eigenvalue weighted by Crippen LogP contribution is -2.30. The third kappa shape index (κ3) is 3.34. The number of thiazole rings is 1. The van der Waals surface area contributed by atoms with Gasteiger partial charge in [-0.25, -0.2) is 18.5 Å². The number of nitrogens with zero attached hydrogens (tertiary/aromatic N) is 3. The number of amides is 1. The van der Waals surface area contributed by atoms with E-state index in [1.165, 1.54) is 11.3 Å². The van der Waals surface area contributed by atoms with Crippen molar-refractivity contribution >= 4 is 38.1 Å². The first-order valence-electron chi connectivity index (χ1n) is 8.48. The predicted molar refractivity (Wildman–Crippen MR) is 101 cm³/mol. The maximum atomic E-state index is 11.9. The number of hydrogen-bond donors (Lipinski definition) is 1. The van der Waals surface area contributed by atoms with Crippen LogP contribution >= 0.6 is 11.3 Å². The van der Waals surface area contributed by atoms with Crippen LogP contribution in [0.15, 0.2) is 28.5 Å². The summed E-state index contributed by atoms with van der Waals surface area (Å²) in [7, 11) is -3.68. The zero-order valence-electron chi connectivity index (χ0n) is 14.4. The molecule has 9 heteroatoms. The van der Waals surface area contributed by atoms with Crippen molar-refractivity contribution < 1.29 is 13.2 Å². The van der Waals surface area contributed by atoms with Gasteiger partial charge in [-0.15, -0.1) is 11.3 Å². The first kappa shape index (κ1) is 17.4. The molecular formula is C17H20N4O3S2. The monoisotopic (exact) mass is 392 g/mol. The Bertz CT molecular complexity index is 966. The van der Waals surface area contributed by atoms with E-state index < -0.39 is 10.0 Å². The lowest BCUT2D eigenvalue weighted by molar-refractivity contribution is -0.116. The van der Waals surface area contributed by atoms with Gasteiger partial charge in [0.1, 0.15) is 0 Å². The molecule has 1 aliphatic carbocycles. The standard InChI is InChI=1S/C17H20N4O3S2/c1-11(22)21(14-2-3-14)17-19-13(10-25-17)9-20-7-6-12-8-15(26(18,23)24)4-5-16(12)20/h4-5,8,10,14H,2-3,6-7,9H2,1H3,(H2,18,23,24). The maximum absolute atomic E-state index is 11.9. The number of benzene rings is 1. The van der Waals surface area contributed by atoms with Crippen LogP contribution in [0.3, 0.4) is 0 Å². The highest BCUT2D eigenvalue weighted by atomic mass is 32.2. The lowest BCUT2D eigenvalue weighted by Gasteiger charge is -2.19. The van der Waals surface area contributed by atoms with Crippen LogP contribution in [0.4, 0.5) is 10.8 Å². The fourth-order valence-electron chi connectivity index (χ4n) is 3.34. The summed E-state index contributed by atoms with van der Waals surface area (Å²) in [6.45, 7) is 3.02. The Morgan fingerprint density at radius 3 is 2.85 bits per heavy atom. The molecule has 1 saturated carbocycles. The summed E-state index contributed by atoms with van der Waals surface area (Å²) in [5, 5.41) is 7.97. The Hall–Kier alpha value is -1.97. The summed E-state index contributed by atoms with van der Waals surface area (Å²) in [4.78, 5) is 20.7. The maximum Gasteiger partial charge on any atom is 0.238 e. The number of sulfonamides is 1. The molecule has 2 aromatic rings. The fraction of sp³-hybridized carbons (Fsp3) is 0.412. The third-order valence-electron chi connectivity index (χ3n) is 4.72.